The van der Waals surface area contributed by atoms with Gasteiger partial charge in [0.25, 0.3) is 0 Å². The maximum atomic E-state index is 10.9. The summed E-state index contributed by atoms with van der Waals surface area (Å²) >= 11 is 0. The molecule has 0 aliphatic carbocycles. The zero-order valence-corrected chi connectivity index (χ0v) is 15.0. The Kier molecular flexibility index (Phi) is 17.7. The van der Waals surface area contributed by atoms with E-state index in [1.807, 2.05) is 39.8 Å². The first-order valence-corrected chi connectivity index (χ1v) is 8.06. The number of pyridine rings is 1. The molecule has 0 radical (unpaired) electrons. The van der Waals surface area contributed by atoms with Crippen molar-refractivity contribution >= 4 is 6.09 Å². The van der Waals surface area contributed by atoms with Gasteiger partial charge in [-0.05, 0) is 25.3 Å². The van der Waals surface area contributed by atoms with Gasteiger partial charge in [-0.1, -0.05) is 33.8 Å². The van der Waals surface area contributed by atoms with E-state index in [2.05, 4.69) is 9.72 Å². The normalized spacial score (nSPS) is 12.2. The Balaban J connectivity index is 0. The number of hydrogen-bond acceptors (Lipinski definition) is 4. The van der Waals surface area contributed by atoms with Crippen LogP contribution in [0.3, 0.4) is 0 Å². The van der Waals surface area contributed by atoms with Gasteiger partial charge in [0.05, 0.1) is 14.2 Å². The van der Waals surface area contributed by atoms with Crippen LogP contribution in [0.1, 0.15) is 47.0 Å². The highest BCUT2D eigenvalue weighted by molar-refractivity contribution is 5.67. The SMILES string of the molecule is CC.CC.COC(=O)N1CCCCC1.COc1ccccn1. The summed E-state index contributed by atoms with van der Waals surface area (Å²) in [6.07, 6.45) is 5.00. The van der Waals surface area contributed by atoms with Gasteiger partial charge in [-0.25, -0.2) is 9.78 Å². The molecule has 0 spiro atoms. The van der Waals surface area contributed by atoms with Crippen LogP contribution in [-0.4, -0.2) is 43.3 Å². The zero-order chi connectivity index (χ0) is 17.2. The van der Waals surface area contributed by atoms with Crippen LogP contribution in [0.5, 0.6) is 5.88 Å². The van der Waals surface area contributed by atoms with Gasteiger partial charge in [-0.3, -0.25) is 0 Å². The van der Waals surface area contributed by atoms with Gasteiger partial charge in [0.15, 0.2) is 0 Å². The van der Waals surface area contributed by atoms with Crippen molar-refractivity contribution in [1.82, 2.24) is 9.88 Å². The van der Waals surface area contributed by atoms with Crippen LogP contribution in [0.15, 0.2) is 24.4 Å². The van der Waals surface area contributed by atoms with Gasteiger partial charge in [-0.15, -0.1) is 0 Å². The number of ether oxygens (including phenoxy) is 2. The maximum Gasteiger partial charge on any atom is 0.409 e. The number of hydrogen-bond donors (Lipinski definition) is 0. The highest BCUT2D eigenvalue weighted by Gasteiger charge is 2.15. The van der Waals surface area contributed by atoms with Crippen molar-refractivity contribution in [2.24, 2.45) is 0 Å². The van der Waals surface area contributed by atoms with E-state index < -0.39 is 0 Å². The lowest BCUT2D eigenvalue weighted by atomic mass is 10.1. The van der Waals surface area contributed by atoms with Crippen LogP contribution < -0.4 is 4.74 Å². The minimum absolute atomic E-state index is 0.181. The van der Waals surface area contributed by atoms with E-state index in [0.717, 1.165) is 25.9 Å². The number of aromatic nitrogens is 1. The highest BCUT2D eigenvalue weighted by Crippen LogP contribution is 2.08. The third-order valence-electron chi connectivity index (χ3n) is 2.64. The molecule has 1 aliphatic heterocycles. The van der Waals surface area contributed by atoms with Gasteiger partial charge in [0.1, 0.15) is 0 Å². The predicted molar refractivity (Wildman–Crippen MR) is 91.3 cm³/mol. The molecule has 1 saturated heterocycles. The van der Waals surface area contributed by atoms with Gasteiger partial charge < -0.3 is 14.4 Å². The number of nitrogens with zero attached hydrogens (tertiary/aromatic N) is 2. The Morgan fingerprint density at radius 1 is 1.05 bits per heavy atom. The molecule has 1 fully saturated rings. The summed E-state index contributed by atoms with van der Waals surface area (Å²) in [7, 11) is 3.03. The molecule has 0 N–H and O–H groups in total. The largest absolute Gasteiger partial charge is 0.481 e. The molecule has 1 aromatic heterocycles. The molecule has 1 amide bonds. The molecule has 22 heavy (non-hydrogen) atoms. The second-order valence-electron chi connectivity index (χ2n) is 3.89. The van der Waals surface area contributed by atoms with E-state index >= 15 is 0 Å². The van der Waals surface area contributed by atoms with Gasteiger partial charge >= 0.3 is 6.09 Å². The summed E-state index contributed by atoms with van der Waals surface area (Å²) in [5.41, 5.74) is 0. The second kappa shape index (κ2) is 17.3. The van der Waals surface area contributed by atoms with Crippen molar-refractivity contribution in [2.75, 3.05) is 27.3 Å². The van der Waals surface area contributed by atoms with E-state index in [1.165, 1.54) is 13.5 Å². The summed E-state index contributed by atoms with van der Waals surface area (Å²) in [5, 5.41) is 0. The summed E-state index contributed by atoms with van der Waals surface area (Å²) in [6, 6.07) is 5.54. The van der Waals surface area contributed by atoms with E-state index in [-0.39, 0.29) is 6.09 Å². The average Bonchev–Trinajstić information content (AvgIpc) is 2.66. The smallest absolute Gasteiger partial charge is 0.409 e. The van der Waals surface area contributed by atoms with Gasteiger partial charge in [-0.2, -0.15) is 0 Å². The molecule has 128 valence electrons. The van der Waals surface area contributed by atoms with Crippen molar-refractivity contribution in [2.45, 2.75) is 47.0 Å². The number of likely N-dealkylation sites (tertiary alicyclic amines) is 1. The fourth-order valence-electron chi connectivity index (χ4n) is 1.67. The lowest BCUT2D eigenvalue weighted by molar-refractivity contribution is 0.115. The lowest BCUT2D eigenvalue weighted by Gasteiger charge is -2.24. The molecule has 0 bridgehead atoms. The summed E-state index contributed by atoms with van der Waals surface area (Å²) in [5.74, 6) is 0.660. The Hall–Kier alpha value is -1.78. The average molecular weight is 312 g/mol. The molecule has 0 atom stereocenters. The molecule has 0 unspecified atom stereocenters. The molecule has 2 rings (SSSR count). The quantitative estimate of drug-likeness (QED) is 0.772. The standard InChI is InChI=1S/C7H13NO2.C6H7NO.2C2H6/c1-10-7(9)8-5-3-2-4-6-8;1-8-6-4-2-3-5-7-6;2*1-2/h2-6H2,1H3;2-5H,1H3;2*1-2H3. The third kappa shape index (κ3) is 10.9. The number of piperidine rings is 1. The van der Waals surface area contributed by atoms with Gasteiger partial charge in [0, 0.05) is 25.4 Å². The molecular weight excluding hydrogens is 280 g/mol. The van der Waals surface area contributed by atoms with Crippen LogP contribution in [0, 0.1) is 0 Å². The molecule has 0 aromatic carbocycles. The first-order chi connectivity index (χ1) is 10.8. The molecule has 2 heterocycles. The Morgan fingerprint density at radius 2 is 1.64 bits per heavy atom. The Morgan fingerprint density at radius 3 is 2.00 bits per heavy atom. The minimum Gasteiger partial charge on any atom is -0.481 e. The number of carbonyl (C=O) groups is 1. The lowest BCUT2D eigenvalue weighted by Crippen LogP contribution is -2.35. The minimum atomic E-state index is -0.181. The fraction of sp³-hybridized carbons (Fsp3) is 0.647. The van der Waals surface area contributed by atoms with E-state index in [9.17, 15) is 4.79 Å². The first kappa shape index (κ1) is 22.5. The van der Waals surface area contributed by atoms with E-state index in [1.54, 1.807) is 24.3 Å². The Bertz CT molecular complexity index is 339. The summed E-state index contributed by atoms with van der Waals surface area (Å²) < 4.78 is 9.38. The number of methoxy groups -OCH3 is 2. The van der Waals surface area contributed by atoms with Crippen molar-refractivity contribution in [3.05, 3.63) is 24.4 Å². The topological polar surface area (TPSA) is 51.7 Å². The number of amides is 1. The summed E-state index contributed by atoms with van der Waals surface area (Å²) in [4.78, 5) is 16.5. The van der Waals surface area contributed by atoms with E-state index in [4.69, 9.17) is 4.74 Å². The van der Waals surface area contributed by atoms with Gasteiger partial charge in [0.2, 0.25) is 5.88 Å². The number of rotatable bonds is 1. The molecule has 1 aromatic rings. The fourth-order valence-corrected chi connectivity index (χ4v) is 1.67. The van der Waals surface area contributed by atoms with Crippen LogP contribution >= 0.6 is 0 Å². The second-order valence-corrected chi connectivity index (χ2v) is 3.89. The monoisotopic (exact) mass is 312 g/mol. The van der Waals surface area contributed by atoms with Crippen LogP contribution in [0.4, 0.5) is 4.79 Å². The van der Waals surface area contributed by atoms with Crippen molar-refractivity contribution in [3.8, 4) is 5.88 Å². The van der Waals surface area contributed by atoms with Crippen LogP contribution in [0.25, 0.3) is 0 Å². The molecule has 0 saturated carbocycles. The molecule has 5 heteroatoms. The molecule has 5 nitrogen and oxygen atoms in total. The first-order valence-electron chi connectivity index (χ1n) is 8.06. The zero-order valence-electron chi connectivity index (χ0n) is 15.0. The van der Waals surface area contributed by atoms with E-state index in [0.29, 0.717) is 5.88 Å². The Labute approximate surface area is 135 Å². The number of carbonyl (C=O) groups excluding carboxylic acids is 1. The molecule has 1 aliphatic rings. The summed E-state index contributed by atoms with van der Waals surface area (Å²) in [6.45, 7) is 9.74. The van der Waals surface area contributed by atoms with Crippen LogP contribution in [-0.2, 0) is 4.74 Å². The highest BCUT2D eigenvalue weighted by atomic mass is 16.5. The predicted octanol–water partition coefficient (Wildman–Crippen LogP) is 4.38. The van der Waals surface area contributed by atoms with Crippen LogP contribution in [0.2, 0.25) is 0 Å². The van der Waals surface area contributed by atoms with Crippen molar-refractivity contribution < 1.29 is 14.3 Å². The third-order valence-corrected chi connectivity index (χ3v) is 2.64. The van der Waals surface area contributed by atoms with Crippen molar-refractivity contribution in [3.63, 3.8) is 0 Å². The maximum absolute atomic E-state index is 10.9. The van der Waals surface area contributed by atoms with Crippen molar-refractivity contribution in [1.29, 1.82) is 0 Å². The molecular formula is C17H32N2O3.